The topological polar surface area (TPSA) is 43.4 Å². The van der Waals surface area contributed by atoms with Gasteiger partial charge in [-0.1, -0.05) is 0 Å². The van der Waals surface area contributed by atoms with Crippen LogP contribution in [-0.4, -0.2) is 19.2 Å². The molecule has 0 saturated carbocycles. The van der Waals surface area contributed by atoms with Crippen LogP contribution >= 0.6 is 15.9 Å². The number of aryl methyl sites for hydroxylation is 1. The van der Waals surface area contributed by atoms with Crippen molar-refractivity contribution in [2.75, 3.05) is 19.5 Å². The third kappa shape index (κ3) is 3.67. The second kappa shape index (κ2) is 6.80. The van der Waals surface area contributed by atoms with Crippen LogP contribution in [0, 0.1) is 6.92 Å². The molecule has 1 unspecified atom stereocenters. The number of anilines is 1. The smallest absolute Gasteiger partial charge is 0.124 e. The van der Waals surface area contributed by atoms with Crippen LogP contribution in [0.15, 0.2) is 35.1 Å². The second-order valence-corrected chi connectivity index (χ2v) is 5.56. The van der Waals surface area contributed by atoms with Crippen molar-refractivity contribution in [2.45, 2.75) is 19.9 Å². The van der Waals surface area contributed by atoms with E-state index in [2.05, 4.69) is 39.2 Å². The number of ether oxygens (including phenoxy) is 2. The van der Waals surface area contributed by atoms with Crippen molar-refractivity contribution in [1.82, 2.24) is 4.98 Å². The average molecular weight is 351 g/mol. The Labute approximate surface area is 133 Å². The molecule has 0 radical (unpaired) electrons. The van der Waals surface area contributed by atoms with Gasteiger partial charge in [0.15, 0.2) is 0 Å². The molecule has 2 aromatic rings. The fourth-order valence-electron chi connectivity index (χ4n) is 2.14. The molecular formula is C16H19BrN2O2. The fraction of sp³-hybridized carbons (Fsp3) is 0.312. The molecule has 0 aliphatic heterocycles. The van der Waals surface area contributed by atoms with Crippen molar-refractivity contribution in [2.24, 2.45) is 0 Å². The third-order valence-electron chi connectivity index (χ3n) is 3.30. The van der Waals surface area contributed by atoms with Gasteiger partial charge in [-0.05, 0) is 59.6 Å². The number of nitrogens with zero attached hydrogens (tertiary/aromatic N) is 1. The number of pyridine rings is 1. The molecular weight excluding hydrogens is 332 g/mol. The standard InChI is InChI=1S/C16H19BrN2O2/c1-10-7-12(9-18-16(10)17)19-11(2)14-8-13(20-3)5-6-15(14)21-4/h5-9,11,19H,1-4H3. The number of halogens is 1. The second-order valence-electron chi connectivity index (χ2n) is 4.81. The highest BCUT2D eigenvalue weighted by Gasteiger charge is 2.13. The summed E-state index contributed by atoms with van der Waals surface area (Å²) in [5.74, 6) is 1.64. The summed E-state index contributed by atoms with van der Waals surface area (Å²) in [5.41, 5.74) is 3.09. The monoisotopic (exact) mass is 350 g/mol. The van der Waals surface area contributed by atoms with E-state index in [4.69, 9.17) is 9.47 Å². The number of hydrogen-bond donors (Lipinski definition) is 1. The number of aromatic nitrogens is 1. The molecule has 1 aromatic heterocycles. The molecule has 21 heavy (non-hydrogen) atoms. The van der Waals surface area contributed by atoms with Crippen molar-refractivity contribution >= 4 is 21.6 Å². The van der Waals surface area contributed by atoms with E-state index in [0.717, 1.165) is 32.9 Å². The van der Waals surface area contributed by atoms with E-state index in [9.17, 15) is 0 Å². The van der Waals surface area contributed by atoms with Crippen molar-refractivity contribution in [3.8, 4) is 11.5 Å². The lowest BCUT2D eigenvalue weighted by Gasteiger charge is -2.19. The van der Waals surface area contributed by atoms with Gasteiger partial charge >= 0.3 is 0 Å². The molecule has 2 rings (SSSR count). The van der Waals surface area contributed by atoms with E-state index in [0.29, 0.717) is 0 Å². The molecule has 0 aliphatic rings. The lowest BCUT2D eigenvalue weighted by molar-refractivity contribution is 0.397. The maximum atomic E-state index is 5.43. The fourth-order valence-corrected chi connectivity index (χ4v) is 2.36. The molecule has 0 fully saturated rings. The average Bonchev–Trinajstić information content (AvgIpc) is 2.50. The predicted octanol–water partition coefficient (Wildman–Crippen LogP) is 4.34. The summed E-state index contributed by atoms with van der Waals surface area (Å²) in [4.78, 5) is 4.30. The Morgan fingerprint density at radius 3 is 2.57 bits per heavy atom. The van der Waals surface area contributed by atoms with Crippen LogP contribution in [0.1, 0.15) is 24.1 Å². The van der Waals surface area contributed by atoms with E-state index in [1.54, 1.807) is 20.4 Å². The van der Waals surface area contributed by atoms with E-state index in [-0.39, 0.29) is 6.04 Å². The van der Waals surface area contributed by atoms with Gasteiger partial charge in [0, 0.05) is 5.56 Å². The highest BCUT2D eigenvalue weighted by molar-refractivity contribution is 9.10. The Bertz CT molecular complexity index is 632. The van der Waals surface area contributed by atoms with Crippen molar-refractivity contribution in [3.63, 3.8) is 0 Å². The Balaban J connectivity index is 2.26. The van der Waals surface area contributed by atoms with Gasteiger partial charge in [-0.3, -0.25) is 0 Å². The van der Waals surface area contributed by atoms with Crippen molar-refractivity contribution in [3.05, 3.63) is 46.2 Å². The molecule has 1 atom stereocenters. The number of nitrogens with one attached hydrogen (secondary N) is 1. The lowest BCUT2D eigenvalue weighted by atomic mass is 10.1. The Hall–Kier alpha value is -1.75. The summed E-state index contributed by atoms with van der Waals surface area (Å²) in [5, 5.41) is 3.43. The summed E-state index contributed by atoms with van der Waals surface area (Å²) in [7, 11) is 3.33. The third-order valence-corrected chi connectivity index (χ3v) is 4.13. The molecule has 0 aliphatic carbocycles. The normalized spacial score (nSPS) is 11.9. The van der Waals surface area contributed by atoms with E-state index >= 15 is 0 Å². The van der Waals surface area contributed by atoms with E-state index in [1.807, 2.05) is 25.1 Å². The van der Waals surface area contributed by atoms with Gasteiger partial charge in [-0.25, -0.2) is 4.98 Å². The number of rotatable bonds is 5. The molecule has 1 N–H and O–H groups in total. The first kappa shape index (κ1) is 15.6. The molecule has 5 heteroatoms. The maximum Gasteiger partial charge on any atom is 0.124 e. The number of hydrogen-bond acceptors (Lipinski definition) is 4. The molecule has 0 saturated heterocycles. The van der Waals surface area contributed by atoms with Crippen LogP contribution in [0.2, 0.25) is 0 Å². The van der Waals surface area contributed by atoms with Gasteiger partial charge < -0.3 is 14.8 Å². The minimum absolute atomic E-state index is 0.0671. The molecule has 112 valence electrons. The lowest BCUT2D eigenvalue weighted by Crippen LogP contribution is -2.09. The predicted molar refractivity (Wildman–Crippen MR) is 88.3 cm³/mol. The first-order valence-corrected chi connectivity index (χ1v) is 7.45. The summed E-state index contributed by atoms with van der Waals surface area (Å²) >= 11 is 3.41. The Morgan fingerprint density at radius 2 is 1.95 bits per heavy atom. The van der Waals surface area contributed by atoms with Crippen molar-refractivity contribution < 1.29 is 9.47 Å². The Kier molecular flexibility index (Phi) is 5.07. The molecule has 0 spiro atoms. The summed E-state index contributed by atoms with van der Waals surface area (Å²) in [6.07, 6.45) is 1.81. The van der Waals surface area contributed by atoms with Gasteiger partial charge in [0.2, 0.25) is 0 Å². The highest BCUT2D eigenvalue weighted by atomic mass is 79.9. The minimum Gasteiger partial charge on any atom is -0.497 e. The van der Waals surface area contributed by atoms with Crippen LogP contribution < -0.4 is 14.8 Å². The zero-order chi connectivity index (χ0) is 15.4. The zero-order valence-electron chi connectivity index (χ0n) is 12.6. The van der Waals surface area contributed by atoms with Gasteiger partial charge in [0.25, 0.3) is 0 Å². The van der Waals surface area contributed by atoms with E-state index in [1.165, 1.54) is 0 Å². The van der Waals surface area contributed by atoms with E-state index < -0.39 is 0 Å². The van der Waals surface area contributed by atoms with Crippen LogP contribution in [0.3, 0.4) is 0 Å². The largest absolute Gasteiger partial charge is 0.497 e. The quantitative estimate of drug-likeness (QED) is 0.814. The molecule has 1 aromatic carbocycles. The summed E-state index contributed by atoms with van der Waals surface area (Å²) < 4.78 is 11.6. The van der Waals surface area contributed by atoms with Gasteiger partial charge in [-0.2, -0.15) is 0 Å². The number of benzene rings is 1. The molecule has 0 bridgehead atoms. The zero-order valence-corrected chi connectivity index (χ0v) is 14.2. The maximum absolute atomic E-state index is 5.43. The minimum atomic E-state index is 0.0671. The van der Waals surface area contributed by atoms with Crippen LogP contribution in [0.5, 0.6) is 11.5 Å². The first-order valence-electron chi connectivity index (χ1n) is 6.65. The molecule has 0 amide bonds. The Morgan fingerprint density at radius 1 is 1.19 bits per heavy atom. The van der Waals surface area contributed by atoms with Gasteiger partial charge in [0.05, 0.1) is 32.1 Å². The summed E-state index contributed by atoms with van der Waals surface area (Å²) in [6, 6.07) is 7.91. The highest BCUT2D eigenvalue weighted by Crippen LogP contribution is 2.31. The molecule has 1 heterocycles. The van der Waals surface area contributed by atoms with Crippen molar-refractivity contribution in [1.29, 1.82) is 0 Å². The van der Waals surface area contributed by atoms with Crippen LogP contribution in [0.25, 0.3) is 0 Å². The molecule has 4 nitrogen and oxygen atoms in total. The van der Waals surface area contributed by atoms with Gasteiger partial charge in [0.1, 0.15) is 16.1 Å². The SMILES string of the molecule is COc1ccc(OC)c(C(C)Nc2cnc(Br)c(C)c2)c1. The first-order chi connectivity index (χ1) is 10.0. The van der Waals surface area contributed by atoms with Crippen LogP contribution in [-0.2, 0) is 0 Å². The van der Waals surface area contributed by atoms with Gasteiger partial charge in [-0.15, -0.1) is 0 Å². The van der Waals surface area contributed by atoms with Crippen LogP contribution in [0.4, 0.5) is 5.69 Å². The number of methoxy groups -OCH3 is 2. The summed E-state index contributed by atoms with van der Waals surface area (Å²) in [6.45, 7) is 4.09.